The zero-order valence-corrected chi connectivity index (χ0v) is 7.95. The number of amides is 1. The highest BCUT2D eigenvalue weighted by molar-refractivity contribution is 6.00. The van der Waals surface area contributed by atoms with Gasteiger partial charge in [0.2, 0.25) is 0 Å². The topological polar surface area (TPSA) is 41.1 Å². The molecule has 1 amide bonds. The van der Waals surface area contributed by atoms with Crippen LogP contribution in [0.1, 0.15) is 12.5 Å². The van der Waals surface area contributed by atoms with Crippen LogP contribution < -0.4 is 10.9 Å². The van der Waals surface area contributed by atoms with E-state index in [1.165, 1.54) is 0 Å². The summed E-state index contributed by atoms with van der Waals surface area (Å²) in [5.41, 5.74) is 7.28. The van der Waals surface area contributed by atoms with Crippen LogP contribution in [0, 0.1) is 0 Å². The smallest absolute Gasteiger partial charge is 0.262 e. The van der Waals surface area contributed by atoms with Gasteiger partial charge in [-0.25, -0.2) is 5.43 Å². The summed E-state index contributed by atoms with van der Waals surface area (Å²) in [5, 5.41) is 0. The first-order valence-corrected chi connectivity index (χ1v) is 4.60. The van der Waals surface area contributed by atoms with Crippen molar-refractivity contribution in [2.75, 3.05) is 0 Å². The molecule has 1 heterocycles. The molecule has 0 aliphatic carbocycles. The number of hydrazine groups is 1. The highest BCUT2D eigenvalue weighted by Gasteiger charge is 2.23. The number of carbonyl (C=O) groups is 1. The number of hydrogen-bond donors (Lipinski definition) is 2. The number of benzene rings is 1. The second-order valence-corrected chi connectivity index (χ2v) is 3.33. The minimum absolute atomic E-state index is 0.0404. The molecular formula is C11H12N2O. The lowest BCUT2D eigenvalue weighted by atomic mass is 10.1. The fourth-order valence-corrected chi connectivity index (χ4v) is 1.44. The van der Waals surface area contributed by atoms with Crippen LogP contribution in [-0.2, 0) is 4.79 Å². The van der Waals surface area contributed by atoms with E-state index in [4.69, 9.17) is 0 Å². The van der Waals surface area contributed by atoms with Crippen molar-refractivity contribution in [3.8, 4) is 0 Å². The molecule has 1 aromatic carbocycles. The quantitative estimate of drug-likeness (QED) is 0.648. The average Bonchev–Trinajstić information content (AvgIpc) is 2.51. The molecule has 3 heteroatoms. The summed E-state index contributed by atoms with van der Waals surface area (Å²) in [6, 6.07) is 9.90. The summed E-state index contributed by atoms with van der Waals surface area (Å²) < 4.78 is 0. The molecule has 1 saturated heterocycles. The van der Waals surface area contributed by atoms with E-state index in [0.29, 0.717) is 0 Å². The Morgan fingerprint density at radius 1 is 1.29 bits per heavy atom. The molecule has 0 radical (unpaired) electrons. The van der Waals surface area contributed by atoms with Crippen LogP contribution in [0.15, 0.2) is 35.9 Å². The Labute approximate surface area is 82.8 Å². The average molecular weight is 188 g/mol. The zero-order chi connectivity index (χ0) is 9.97. The van der Waals surface area contributed by atoms with Crippen molar-refractivity contribution < 1.29 is 4.79 Å². The van der Waals surface area contributed by atoms with Crippen molar-refractivity contribution in [2.45, 2.75) is 13.0 Å². The van der Waals surface area contributed by atoms with E-state index in [1.807, 2.05) is 43.3 Å². The van der Waals surface area contributed by atoms with Crippen molar-refractivity contribution in [1.82, 2.24) is 10.9 Å². The fraction of sp³-hybridized carbons (Fsp3) is 0.182. The predicted molar refractivity (Wildman–Crippen MR) is 55.2 cm³/mol. The van der Waals surface area contributed by atoms with Gasteiger partial charge >= 0.3 is 0 Å². The summed E-state index contributed by atoms with van der Waals surface area (Å²) in [4.78, 5) is 11.3. The number of rotatable bonds is 1. The van der Waals surface area contributed by atoms with Gasteiger partial charge < -0.3 is 0 Å². The third-order valence-electron chi connectivity index (χ3n) is 2.25. The molecule has 1 atom stereocenters. The van der Waals surface area contributed by atoms with Crippen molar-refractivity contribution in [1.29, 1.82) is 0 Å². The summed E-state index contributed by atoms with van der Waals surface area (Å²) >= 11 is 0. The standard InChI is InChI=1S/C11H12N2O/c1-8-10(11(14)13-12-8)7-9-5-3-2-4-6-9/h2-8,12H,1H3,(H,13,14). The van der Waals surface area contributed by atoms with E-state index in [9.17, 15) is 4.79 Å². The minimum Gasteiger partial charge on any atom is -0.287 e. The maximum absolute atomic E-state index is 11.3. The van der Waals surface area contributed by atoms with Gasteiger partial charge in [-0.3, -0.25) is 10.2 Å². The van der Waals surface area contributed by atoms with E-state index in [0.717, 1.165) is 11.1 Å². The van der Waals surface area contributed by atoms with Gasteiger partial charge in [0.25, 0.3) is 5.91 Å². The highest BCUT2D eigenvalue weighted by Crippen LogP contribution is 2.12. The van der Waals surface area contributed by atoms with Gasteiger partial charge in [-0.2, -0.15) is 0 Å². The second-order valence-electron chi connectivity index (χ2n) is 3.33. The Hall–Kier alpha value is -1.61. The van der Waals surface area contributed by atoms with Crippen LogP contribution in [-0.4, -0.2) is 11.9 Å². The number of hydrogen-bond acceptors (Lipinski definition) is 2. The number of nitrogens with one attached hydrogen (secondary N) is 2. The SMILES string of the molecule is CC1NNC(=O)C1=Cc1ccccc1. The molecule has 72 valence electrons. The first-order chi connectivity index (χ1) is 6.77. The van der Waals surface area contributed by atoms with Crippen LogP contribution >= 0.6 is 0 Å². The van der Waals surface area contributed by atoms with Gasteiger partial charge in [0.1, 0.15) is 0 Å². The number of carbonyl (C=O) groups excluding carboxylic acids is 1. The van der Waals surface area contributed by atoms with Gasteiger partial charge in [0, 0.05) is 5.57 Å². The van der Waals surface area contributed by atoms with E-state index in [1.54, 1.807) is 0 Å². The molecule has 2 rings (SSSR count). The molecule has 1 fully saturated rings. The molecule has 0 bridgehead atoms. The van der Waals surface area contributed by atoms with Gasteiger partial charge in [-0.05, 0) is 18.6 Å². The Bertz CT molecular complexity index is 370. The van der Waals surface area contributed by atoms with E-state index < -0.39 is 0 Å². The fourth-order valence-electron chi connectivity index (χ4n) is 1.44. The molecule has 3 nitrogen and oxygen atoms in total. The molecule has 2 N–H and O–H groups in total. The maximum atomic E-state index is 11.3. The summed E-state index contributed by atoms with van der Waals surface area (Å²) in [7, 11) is 0. The van der Waals surface area contributed by atoms with Crippen LogP contribution in [0.25, 0.3) is 6.08 Å². The summed E-state index contributed by atoms with van der Waals surface area (Å²) in [6.07, 6.45) is 1.90. The Morgan fingerprint density at radius 3 is 2.57 bits per heavy atom. The lowest BCUT2D eigenvalue weighted by Crippen LogP contribution is -2.29. The second kappa shape index (κ2) is 3.64. The normalized spacial score (nSPS) is 23.9. The summed E-state index contributed by atoms with van der Waals surface area (Å²) in [6.45, 7) is 1.95. The third-order valence-corrected chi connectivity index (χ3v) is 2.25. The lowest BCUT2D eigenvalue weighted by Gasteiger charge is -2.00. The van der Waals surface area contributed by atoms with E-state index >= 15 is 0 Å². The molecule has 1 aromatic rings. The largest absolute Gasteiger partial charge is 0.287 e. The van der Waals surface area contributed by atoms with E-state index in [2.05, 4.69) is 10.9 Å². The van der Waals surface area contributed by atoms with Gasteiger partial charge in [-0.15, -0.1) is 0 Å². The molecule has 1 unspecified atom stereocenters. The Kier molecular flexibility index (Phi) is 2.33. The monoisotopic (exact) mass is 188 g/mol. The molecule has 1 aliphatic heterocycles. The van der Waals surface area contributed by atoms with Crippen molar-refractivity contribution >= 4 is 12.0 Å². The molecule has 14 heavy (non-hydrogen) atoms. The van der Waals surface area contributed by atoms with Crippen LogP contribution in [0.2, 0.25) is 0 Å². The highest BCUT2D eigenvalue weighted by atomic mass is 16.2. The molecular weight excluding hydrogens is 176 g/mol. The van der Waals surface area contributed by atoms with Gasteiger partial charge in [0.05, 0.1) is 6.04 Å². The first-order valence-electron chi connectivity index (χ1n) is 4.60. The first kappa shape index (κ1) is 8.97. The molecule has 0 spiro atoms. The van der Waals surface area contributed by atoms with Crippen molar-refractivity contribution in [3.63, 3.8) is 0 Å². The third kappa shape index (κ3) is 1.67. The van der Waals surface area contributed by atoms with Crippen LogP contribution in [0.4, 0.5) is 0 Å². The molecule has 1 aliphatic rings. The Morgan fingerprint density at radius 2 is 2.00 bits per heavy atom. The van der Waals surface area contributed by atoms with Crippen LogP contribution in [0.5, 0.6) is 0 Å². The Balaban J connectivity index is 2.30. The van der Waals surface area contributed by atoms with Gasteiger partial charge in [0.15, 0.2) is 0 Å². The summed E-state index contributed by atoms with van der Waals surface area (Å²) in [5.74, 6) is -0.0404. The predicted octanol–water partition coefficient (Wildman–Crippen LogP) is 1.09. The van der Waals surface area contributed by atoms with Crippen LogP contribution in [0.3, 0.4) is 0 Å². The molecule has 0 saturated carbocycles. The minimum atomic E-state index is -0.0404. The maximum Gasteiger partial charge on any atom is 0.262 e. The van der Waals surface area contributed by atoms with Gasteiger partial charge in [-0.1, -0.05) is 30.3 Å². The van der Waals surface area contributed by atoms with Crippen molar-refractivity contribution in [3.05, 3.63) is 41.5 Å². The van der Waals surface area contributed by atoms with E-state index in [-0.39, 0.29) is 11.9 Å². The molecule has 0 aromatic heterocycles. The van der Waals surface area contributed by atoms with Crippen molar-refractivity contribution in [2.24, 2.45) is 0 Å². The zero-order valence-electron chi connectivity index (χ0n) is 7.95. The lowest BCUT2D eigenvalue weighted by molar-refractivity contribution is -0.116.